The number of nitrogens with zero attached hydrogens (tertiary/aromatic N) is 3. The number of nitrogens with one attached hydrogen (secondary N) is 2. The van der Waals surface area contributed by atoms with Crippen molar-refractivity contribution in [1.29, 1.82) is 0 Å². The first-order valence-corrected chi connectivity index (χ1v) is 9.47. The summed E-state index contributed by atoms with van der Waals surface area (Å²) in [5.74, 6) is 0.390. The summed E-state index contributed by atoms with van der Waals surface area (Å²) < 4.78 is 29.6. The zero-order valence-corrected chi connectivity index (χ0v) is 15.4. The number of fused-ring (bicyclic) bond motifs is 1. The smallest absolute Gasteiger partial charge is 0.160 e. The summed E-state index contributed by atoms with van der Waals surface area (Å²) in [7, 11) is 0. The molecule has 5 rings (SSSR count). The molecule has 1 aliphatic rings. The molecule has 0 amide bonds. The van der Waals surface area contributed by atoms with E-state index in [1.165, 1.54) is 18.2 Å². The highest BCUT2D eigenvalue weighted by Crippen LogP contribution is 2.39. The first-order chi connectivity index (χ1) is 14.1. The molecule has 3 N–H and O–H groups in total. The molecule has 1 aliphatic carbocycles. The number of H-pyrrole nitrogens is 1. The Morgan fingerprint density at radius 3 is 2.69 bits per heavy atom. The lowest BCUT2D eigenvalue weighted by Gasteiger charge is -2.19. The van der Waals surface area contributed by atoms with Crippen molar-refractivity contribution >= 4 is 16.7 Å². The van der Waals surface area contributed by atoms with E-state index < -0.39 is 11.9 Å². The van der Waals surface area contributed by atoms with Gasteiger partial charge in [-0.25, -0.2) is 13.8 Å². The number of aliphatic hydroxyl groups excluding tert-OH is 1. The number of hydrogen-bond acceptors (Lipinski definition) is 4. The molecule has 0 radical (unpaired) electrons. The lowest BCUT2D eigenvalue weighted by Crippen LogP contribution is -2.15. The van der Waals surface area contributed by atoms with Crippen molar-refractivity contribution in [3.63, 3.8) is 0 Å². The Balaban J connectivity index is 1.50. The van der Waals surface area contributed by atoms with Gasteiger partial charge in [0.25, 0.3) is 0 Å². The van der Waals surface area contributed by atoms with Crippen LogP contribution in [0.5, 0.6) is 0 Å². The molecule has 2 aromatic carbocycles. The van der Waals surface area contributed by atoms with Crippen LogP contribution in [0.1, 0.15) is 36.1 Å². The highest BCUT2D eigenvalue weighted by molar-refractivity contribution is 5.81. The summed E-state index contributed by atoms with van der Waals surface area (Å²) >= 11 is 0. The third kappa shape index (κ3) is 3.36. The number of imidazole rings is 1. The minimum Gasteiger partial charge on any atom is -0.394 e. The lowest BCUT2D eigenvalue weighted by atomic mass is 10.1. The van der Waals surface area contributed by atoms with Crippen LogP contribution in [-0.2, 0) is 0 Å². The van der Waals surface area contributed by atoms with E-state index in [2.05, 4.69) is 20.5 Å². The van der Waals surface area contributed by atoms with Gasteiger partial charge in [0.1, 0.15) is 18.0 Å². The number of halogens is 2. The van der Waals surface area contributed by atoms with E-state index in [0.717, 1.165) is 18.5 Å². The summed E-state index contributed by atoms with van der Waals surface area (Å²) in [6, 6.07) is 10.2. The predicted molar refractivity (Wildman–Crippen MR) is 105 cm³/mol. The third-order valence-electron chi connectivity index (χ3n) is 5.27. The fourth-order valence-corrected chi connectivity index (χ4v) is 3.49. The Morgan fingerprint density at radius 2 is 1.97 bits per heavy atom. The first-order valence-electron chi connectivity index (χ1n) is 9.47. The zero-order chi connectivity index (χ0) is 20.0. The highest BCUT2D eigenvalue weighted by atomic mass is 19.1. The van der Waals surface area contributed by atoms with Crippen LogP contribution in [0, 0.1) is 11.6 Å². The molecule has 1 atom stereocenters. The molecule has 0 bridgehead atoms. The zero-order valence-electron chi connectivity index (χ0n) is 15.4. The van der Waals surface area contributed by atoms with Gasteiger partial charge >= 0.3 is 0 Å². The summed E-state index contributed by atoms with van der Waals surface area (Å²) in [5, 5.41) is 20.2. The van der Waals surface area contributed by atoms with Gasteiger partial charge in [-0.1, -0.05) is 12.1 Å². The number of aromatic nitrogens is 4. The Labute approximate surface area is 165 Å². The van der Waals surface area contributed by atoms with Crippen molar-refractivity contribution in [3.8, 4) is 5.82 Å². The fraction of sp³-hybridized carbons (Fsp3) is 0.238. The Bertz CT molecular complexity index is 1160. The maximum atomic E-state index is 14.7. The minimum absolute atomic E-state index is 0.223. The fourth-order valence-electron chi connectivity index (χ4n) is 3.49. The molecular weight excluding hydrogens is 376 g/mol. The number of rotatable bonds is 6. The summed E-state index contributed by atoms with van der Waals surface area (Å²) in [5.41, 5.74) is 3.17. The van der Waals surface area contributed by atoms with Crippen LogP contribution >= 0.6 is 0 Å². The molecule has 4 aromatic rings. The van der Waals surface area contributed by atoms with Crippen LogP contribution < -0.4 is 5.32 Å². The van der Waals surface area contributed by atoms with Gasteiger partial charge in [-0.3, -0.25) is 9.67 Å². The van der Waals surface area contributed by atoms with Gasteiger partial charge in [0.2, 0.25) is 0 Å². The van der Waals surface area contributed by atoms with Crippen LogP contribution in [0.3, 0.4) is 0 Å². The second kappa shape index (κ2) is 6.97. The van der Waals surface area contributed by atoms with E-state index in [1.807, 2.05) is 6.07 Å². The quantitative estimate of drug-likeness (QED) is 0.460. The summed E-state index contributed by atoms with van der Waals surface area (Å²) in [6.07, 6.45) is 3.94. The van der Waals surface area contributed by atoms with Crippen LogP contribution in [0.4, 0.5) is 14.5 Å². The van der Waals surface area contributed by atoms with E-state index in [1.54, 1.807) is 29.1 Å². The molecule has 0 aliphatic heterocycles. The number of aliphatic hydroxyl groups is 1. The Morgan fingerprint density at radius 1 is 1.17 bits per heavy atom. The van der Waals surface area contributed by atoms with E-state index in [9.17, 15) is 13.9 Å². The van der Waals surface area contributed by atoms with Crippen molar-refractivity contribution < 1.29 is 13.9 Å². The molecule has 29 heavy (non-hydrogen) atoms. The van der Waals surface area contributed by atoms with Crippen molar-refractivity contribution in [2.45, 2.75) is 24.8 Å². The molecule has 6 nitrogen and oxygen atoms in total. The number of benzene rings is 2. The van der Waals surface area contributed by atoms with E-state index in [4.69, 9.17) is 0 Å². The van der Waals surface area contributed by atoms with Gasteiger partial charge in [-0.2, -0.15) is 5.10 Å². The number of aromatic amines is 1. The molecule has 0 spiro atoms. The Hall–Kier alpha value is -3.26. The number of anilines is 1. The second-order valence-corrected chi connectivity index (χ2v) is 7.32. The van der Waals surface area contributed by atoms with Crippen molar-refractivity contribution in [3.05, 3.63) is 71.7 Å². The van der Waals surface area contributed by atoms with Gasteiger partial charge in [0.15, 0.2) is 5.82 Å². The monoisotopic (exact) mass is 395 g/mol. The molecule has 0 saturated heterocycles. The van der Waals surface area contributed by atoms with Crippen molar-refractivity contribution in [2.24, 2.45) is 0 Å². The standard InChI is InChI=1S/C21H19F2N5O/c22-14-5-3-13(4-6-14)19(10-29)25-17-8-20-18(7-15(17)23)24-11-28(20)21-9-16(26-27-21)12-1-2-12/h3-9,11-12,19,25,29H,1-2,10H2,(H,26,27)/t19-/m0/s1. The van der Waals surface area contributed by atoms with Crippen LogP contribution in [-0.4, -0.2) is 31.5 Å². The molecule has 1 saturated carbocycles. The Kier molecular flexibility index (Phi) is 4.28. The summed E-state index contributed by atoms with van der Waals surface area (Å²) in [6.45, 7) is -0.271. The minimum atomic E-state index is -0.578. The predicted octanol–water partition coefficient (Wildman–Crippen LogP) is 4.05. The normalized spacial score (nSPS) is 15.0. The lowest BCUT2D eigenvalue weighted by molar-refractivity contribution is 0.276. The van der Waals surface area contributed by atoms with Gasteiger partial charge in [0.05, 0.1) is 29.4 Å². The second-order valence-electron chi connectivity index (χ2n) is 7.32. The van der Waals surface area contributed by atoms with Gasteiger partial charge in [-0.05, 0) is 36.6 Å². The number of hydrogen-bond donors (Lipinski definition) is 3. The molecule has 2 heterocycles. The van der Waals surface area contributed by atoms with Gasteiger partial charge < -0.3 is 10.4 Å². The molecule has 1 fully saturated rings. The SMILES string of the molecule is OC[C@H](Nc1cc2c(cc1F)ncn2-c1cc(C2CC2)[nH]n1)c1ccc(F)cc1. The van der Waals surface area contributed by atoms with Crippen LogP contribution in [0.25, 0.3) is 16.9 Å². The van der Waals surface area contributed by atoms with Crippen LogP contribution in [0.15, 0.2) is 48.8 Å². The molecule has 148 valence electrons. The summed E-state index contributed by atoms with van der Waals surface area (Å²) in [4.78, 5) is 4.28. The van der Waals surface area contributed by atoms with E-state index in [-0.39, 0.29) is 18.1 Å². The third-order valence-corrected chi connectivity index (χ3v) is 5.27. The molecule has 0 unspecified atom stereocenters. The average Bonchev–Trinajstić information content (AvgIpc) is 3.32. The highest BCUT2D eigenvalue weighted by Gasteiger charge is 2.26. The van der Waals surface area contributed by atoms with Crippen molar-refractivity contribution in [1.82, 2.24) is 19.7 Å². The molecule has 2 aromatic heterocycles. The average molecular weight is 395 g/mol. The maximum Gasteiger partial charge on any atom is 0.160 e. The van der Waals surface area contributed by atoms with E-state index in [0.29, 0.717) is 28.3 Å². The first kappa shape index (κ1) is 17.8. The maximum absolute atomic E-state index is 14.7. The largest absolute Gasteiger partial charge is 0.394 e. The van der Waals surface area contributed by atoms with Gasteiger partial charge in [0, 0.05) is 23.7 Å². The van der Waals surface area contributed by atoms with E-state index >= 15 is 0 Å². The topological polar surface area (TPSA) is 78.8 Å². The van der Waals surface area contributed by atoms with Gasteiger partial charge in [-0.15, -0.1) is 0 Å². The molecular formula is C21H19F2N5O. The molecule has 8 heteroatoms. The van der Waals surface area contributed by atoms with Crippen LogP contribution in [0.2, 0.25) is 0 Å². The van der Waals surface area contributed by atoms with Crippen molar-refractivity contribution in [2.75, 3.05) is 11.9 Å².